The molecule has 0 saturated carbocycles. The van der Waals surface area contributed by atoms with E-state index in [9.17, 15) is 9.59 Å². The minimum absolute atomic E-state index is 0.173. The molecule has 0 aliphatic heterocycles. The number of rotatable bonds is 9. The van der Waals surface area contributed by atoms with Crippen molar-refractivity contribution in [3.8, 4) is 5.75 Å². The second-order valence-corrected chi connectivity index (χ2v) is 8.87. The fraction of sp³-hybridized carbons (Fsp3) is 0.391. The first kappa shape index (κ1) is 25.5. The van der Waals surface area contributed by atoms with Crippen LogP contribution in [0.2, 0.25) is 10.0 Å². The summed E-state index contributed by atoms with van der Waals surface area (Å²) < 4.78 is 6.80. The summed E-state index contributed by atoms with van der Waals surface area (Å²) >= 11 is 15.9. The zero-order chi connectivity index (χ0) is 23.1. The van der Waals surface area contributed by atoms with Gasteiger partial charge in [-0.1, -0.05) is 52.1 Å². The number of nitrogens with zero attached hydrogens (tertiary/aromatic N) is 1. The Kier molecular flexibility index (Phi) is 9.66. The lowest BCUT2D eigenvalue weighted by Gasteiger charge is -2.30. The predicted octanol–water partition coefficient (Wildman–Crippen LogP) is 5.70. The lowest BCUT2D eigenvalue weighted by atomic mass is 10.1. The van der Waals surface area contributed by atoms with Gasteiger partial charge in [0, 0.05) is 27.6 Å². The first-order valence-electron chi connectivity index (χ1n) is 10.1. The monoisotopic (exact) mass is 528 g/mol. The molecule has 0 fully saturated rings. The van der Waals surface area contributed by atoms with E-state index in [0.717, 1.165) is 15.6 Å². The van der Waals surface area contributed by atoms with Crippen LogP contribution in [-0.2, 0) is 16.1 Å². The molecule has 5 nitrogen and oxygen atoms in total. The number of hydrogen-bond donors (Lipinski definition) is 1. The van der Waals surface area contributed by atoms with Crippen molar-refractivity contribution in [2.24, 2.45) is 0 Å². The van der Waals surface area contributed by atoms with E-state index in [4.69, 9.17) is 27.9 Å². The fourth-order valence-electron chi connectivity index (χ4n) is 3.26. The third-order valence-corrected chi connectivity index (χ3v) is 6.70. The molecular weight excluding hydrogens is 503 g/mol. The smallest absolute Gasteiger partial charge is 0.261 e. The van der Waals surface area contributed by atoms with Gasteiger partial charge in [-0.25, -0.2) is 0 Å². The normalized spacial score (nSPS) is 11.7. The Morgan fingerprint density at radius 1 is 1.13 bits per heavy atom. The number of likely N-dealkylation sites (N-methyl/N-ethyl adjacent to an activating group) is 1. The van der Waals surface area contributed by atoms with Gasteiger partial charge in [-0.05, 0) is 68.1 Å². The van der Waals surface area contributed by atoms with Crippen molar-refractivity contribution in [1.82, 2.24) is 10.2 Å². The summed E-state index contributed by atoms with van der Waals surface area (Å²) in [7, 11) is 0. The molecule has 0 aliphatic carbocycles. The van der Waals surface area contributed by atoms with Crippen molar-refractivity contribution in [2.75, 3.05) is 13.2 Å². The highest BCUT2D eigenvalue weighted by Gasteiger charge is 2.29. The molecule has 0 bridgehead atoms. The SMILES string of the molecule is CCNC(=O)[C@@H](CC)N(Cc1ccc(Cl)cc1Cl)C(=O)COc1cc(C)c(Br)c(C)c1. The van der Waals surface area contributed by atoms with Crippen molar-refractivity contribution in [3.05, 3.63) is 61.5 Å². The predicted molar refractivity (Wildman–Crippen MR) is 129 cm³/mol. The van der Waals surface area contributed by atoms with Crippen LogP contribution < -0.4 is 10.1 Å². The highest BCUT2D eigenvalue weighted by Crippen LogP contribution is 2.27. The van der Waals surface area contributed by atoms with Crippen LogP contribution in [0.3, 0.4) is 0 Å². The number of benzene rings is 2. The average Bonchev–Trinajstić information content (AvgIpc) is 2.71. The molecule has 2 aromatic rings. The number of hydrogen-bond acceptors (Lipinski definition) is 3. The Hall–Kier alpha value is -1.76. The molecule has 0 spiro atoms. The van der Waals surface area contributed by atoms with Crippen molar-refractivity contribution in [3.63, 3.8) is 0 Å². The van der Waals surface area contributed by atoms with E-state index in [1.54, 1.807) is 18.2 Å². The van der Waals surface area contributed by atoms with Crippen LogP contribution in [-0.4, -0.2) is 35.9 Å². The molecule has 0 radical (unpaired) electrons. The maximum atomic E-state index is 13.2. The van der Waals surface area contributed by atoms with Crippen LogP contribution in [0, 0.1) is 13.8 Å². The highest BCUT2D eigenvalue weighted by atomic mass is 79.9. The Morgan fingerprint density at radius 3 is 2.32 bits per heavy atom. The van der Waals surface area contributed by atoms with E-state index < -0.39 is 6.04 Å². The Labute approximate surface area is 202 Å². The molecule has 1 atom stereocenters. The molecule has 1 N–H and O–H groups in total. The van der Waals surface area contributed by atoms with E-state index in [-0.39, 0.29) is 25.0 Å². The molecule has 31 heavy (non-hydrogen) atoms. The maximum absolute atomic E-state index is 13.2. The summed E-state index contributed by atoms with van der Waals surface area (Å²) in [6.45, 7) is 8.09. The quantitative estimate of drug-likeness (QED) is 0.453. The summed E-state index contributed by atoms with van der Waals surface area (Å²) in [5.41, 5.74) is 2.74. The van der Waals surface area contributed by atoms with E-state index in [2.05, 4.69) is 21.2 Å². The first-order chi connectivity index (χ1) is 14.7. The van der Waals surface area contributed by atoms with E-state index in [1.165, 1.54) is 4.90 Å². The third-order valence-electron chi connectivity index (χ3n) is 4.86. The van der Waals surface area contributed by atoms with E-state index in [1.807, 2.05) is 39.8 Å². The maximum Gasteiger partial charge on any atom is 0.261 e. The van der Waals surface area contributed by atoms with Crippen molar-refractivity contribution in [2.45, 2.75) is 46.7 Å². The van der Waals surface area contributed by atoms with Crippen LogP contribution in [0.15, 0.2) is 34.8 Å². The van der Waals surface area contributed by atoms with Crippen LogP contribution in [0.5, 0.6) is 5.75 Å². The van der Waals surface area contributed by atoms with E-state index in [0.29, 0.717) is 34.3 Å². The molecule has 0 saturated heterocycles. The highest BCUT2D eigenvalue weighted by molar-refractivity contribution is 9.10. The molecule has 8 heteroatoms. The molecular formula is C23H27BrCl2N2O3. The van der Waals surface area contributed by atoms with Crippen LogP contribution in [0.1, 0.15) is 37.0 Å². The number of carbonyl (C=O) groups excluding carboxylic acids is 2. The van der Waals surface area contributed by atoms with Gasteiger partial charge >= 0.3 is 0 Å². The zero-order valence-electron chi connectivity index (χ0n) is 18.1. The van der Waals surface area contributed by atoms with Gasteiger partial charge in [0.1, 0.15) is 11.8 Å². The second kappa shape index (κ2) is 11.7. The van der Waals surface area contributed by atoms with Crippen molar-refractivity contribution < 1.29 is 14.3 Å². The molecule has 0 heterocycles. The number of carbonyl (C=O) groups is 2. The number of nitrogens with one attached hydrogen (secondary N) is 1. The van der Waals surface area contributed by atoms with Crippen molar-refractivity contribution >= 4 is 50.9 Å². The van der Waals surface area contributed by atoms with Gasteiger partial charge in [-0.3, -0.25) is 9.59 Å². The van der Waals surface area contributed by atoms with Crippen molar-refractivity contribution in [1.29, 1.82) is 0 Å². The molecule has 2 rings (SSSR count). The fourth-order valence-corrected chi connectivity index (χ4v) is 3.96. The summed E-state index contributed by atoms with van der Waals surface area (Å²) in [6.07, 6.45) is 0.458. The zero-order valence-corrected chi connectivity index (χ0v) is 21.2. The minimum atomic E-state index is -0.642. The third kappa shape index (κ3) is 6.86. The largest absolute Gasteiger partial charge is 0.484 e. The van der Waals surface area contributed by atoms with Gasteiger partial charge in [-0.2, -0.15) is 0 Å². The number of halogens is 3. The molecule has 0 aromatic heterocycles. The molecule has 0 aliphatic rings. The van der Waals surface area contributed by atoms with Crippen LogP contribution >= 0.6 is 39.1 Å². The lowest BCUT2D eigenvalue weighted by molar-refractivity contribution is -0.142. The van der Waals surface area contributed by atoms with Gasteiger partial charge in [0.05, 0.1) is 0 Å². The average molecular weight is 530 g/mol. The Morgan fingerprint density at radius 2 is 1.77 bits per heavy atom. The number of aryl methyl sites for hydroxylation is 2. The summed E-state index contributed by atoms with van der Waals surface area (Å²) in [5, 5.41) is 3.75. The molecule has 2 aromatic carbocycles. The Balaban J connectivity index is 2.27. The second-order valence-electron chi connectivity index (χ2n) is 7.24. The summed E-state index contributed by atoms with van der Waals surface area (Å²) in [5.74, 6) is 0.0863. The Bertz CT molecular complexity index is 929. The van der Waals surface area contributed by atoms with Crippen LogP contribution in [0.4, 0.5) is 0 Å². The van der Waals surface area contributed by atoms with Gasteiger partial charge < -0.3 is 15.0 Å². The lowest BCUT2D eigenvalue weighted by Crippen LogP contribution is -2.50. The van der Waals surface area contributed by atoms with Crippen LogP contribution in [0.25, 0.3) is 0 Å². The van der Waals surface area contributed by atoms with Gasteiger partial charge in [-0.15, -0.1) is 0 Å². The minimum Gasteiger partial charge on any atom is -0.484 e. The standard InChI is InChI=1S/C23H27BrCl2N2O3/c1-5-20(23(30)27-6-2)28(12-16-7-8-17(25)11-19(16)26)21(29)13-31-18-9-14(3)22(24)15(4)10-18/h7-11,20H,5-6,12-13H2,1-4H3,(H,27,30)/t20-/m1/s1. The molecule has 168 valence electrons. The first-order valence-corrected chi connectivity index (χ1v) is 11.6. The van der Waals surface area contributed by atoms with Gasteiger partial charge in [0.15, 0.2) is 6.61 Å². The number of amides is 2. The topological polar surface area (TPSA) is 58.6 Å². The molecule has 2 amide bonds. The summed E-state index contributed by atoms with van der Waals surface area (Å²) in [4.78, 5) is 27.3. The van der Waals surface area contributed by atoms with Gasteiger partial charge in [0.2, 0.25) is 5.91 Å². The van der Waals surface area contributed by atoms with Gasteiger partial charge in [0.25, 0.3) is 5.91 Å². The summed E-state index contributed by atoms with van der Waals surface area (Å²) in [6, 6.07) is 8.19. The molecule has 0 unspecified atom stereocenters. The number of ether oxygens (including phenoxy) is 1. The van der Waals surface area contributed by atoms with E-state index >= 15 is 0 Å².